The molecule has 156 valence electrons. The molecule has 0 spiro atoms. The van der Waals surface area contributed by atoms with E-state index in [0.29, 0.717) is 18.6 Å². The molecule has 0 bridgehead atoms. The van der Waals surface area contributed by atoms with Crippen molar-refractivity contribution in [3.05, 3.63) is 72.3 Å². The van der Waals surface area contributed by atoms with Gasteiger partial charge in [0.25, 0.3) is 8.32 Å². The highest BCUT2D eigenvalue weighted by atomic mass is 28.4. The van der Waals surface area contributed by atoms with Crippen molar-refractivity contribution in [2.24, 2.45) is 0 Å². The van der Waals surface area contributed by atoms with E-state index in [1.165, 1.54) is 23.4 Å². The van der Waals surface area contributed by atoms with Crippen molar-refractivity contribution in [2.75, 3.05) is 6.61 Å². The van der Waals surface area contributed by atoms with Gasteiger partial charge >= 0.3 is 0 Å². The normalized spacial score (nSPS) is 13.9. The van der Waals surface area contributed by atoms with E-state index in [2.05, 4.69) is 69.3 Å². The SMILES string of the molecule is CC(=O)/C=C(\C)C(O)CCCO[Si](c1ccccc1)(c1ccccc1)C(C)(C)C. The lowest BCUT2D eigenvalue weighted by Crippen LogP contribution is -2.66. The Labute approximate surface area is 176 Å². The summed E-state index contributed by atoms with van der Waals surface area (Å²) in [5.74, 6) is -0.0369. The van der Waals surface area contributed by atoms with Crippen LogP contribution in [0.15, 0.2) is 72.3 Å². The molecule has 2 rings (SSSR count). The molecule has 1 unspecified atom stereocenters. The van der Waals surface area contributed by atoms with E-state index in [-0.39, 0.29) is 10.8 Å². The van der Waals surface area contributed by atoms with Crippen LogP contribution in [-0.2, 0) is 9.22 Å². The largest absolute Gasteiger partial charge is 0.407 e. The van der Waals surface area contributed by atoms with E-state index in [9.17, 15) is 9.90 Å². The summed E-state index contributed by atoms with van der Waals surface area (Å²) in [6.07, 6.45) is 2.21. The molecule has 0 amide bonds. The Bertz CT molecular complexity index is 767. The molecule has 2 aromatic rings. The van der Waals surface area contributed by atoms with Gasteiger partial charge in [-0.1, -0.05) is 81.4 Å². The minimum Gasteiger partial charge on any atom is -0.407 e. The predicted molar refractivity (Wildman–Crippen MR) is 123 cm³/mol. The number of carbonyl (C=O) groups is 1. The highest BCUT2D eigenvalue weighted by Gasteiger charge is 2.49. The van der Waals surface area contributed by atoms with Crippen LogP contribution < -0.4 is 10.4 Å². The van der Waals surface area contributed by atoms with E-state index >= 15 is 0 Å². The highest BCUT2D eigenvalue weighted by Crippen LogP contribution is 2.36. The van der Waals surface area contributed by atoms with Crippen molar-refractivity contribution in [2.45, 2.75) is 58.6 Å². The first kappa shape index (κ1) is 23.3. The molecule has 29 heavy (non-hydrogen) atoms. The first-order valence-electron chi connectivity index (χ1n) is 10.3. The van der Waals surface area contributed by atoms with Crippen molar-refractivity contribution in [1.29, 1.82) is 0 Å². The van der Waals surface area contributed by atoms with Crippen LogP contribution >= 0.6 is 0 Å². The summed E-state index contributed by atoms with van der Waals surface area (Å²) in [4.78, 5) is 11.2. The van der Waals surface area contributed by atoms with Crippen LogP contribution in [0.25, 0.3) is 0 Å². The Balaban J connectivity index is 2.27. The summed E-state index contributed by atoms with van der Waals surface area (Å²) in [6, 6.07) is 21.1. The maximum atomic E-state index is 11.2. The number of rotatable bonds is 9. The molecule has 0 saturated carbocycles. The van der Waals surface area contributed by atoms with Crippen molar-refractivity contribution in [1.82, 2.24) is 0 Å². The van der Waals surface area contributed by atoms with E-state index in [1.807, 2.05) is 12.1 Å². The molecule has 0 aromatic heterocycles. The Kier molecular flexibility index (Phi) is 8.14. The van der Waals surface area contributed by atoms with E-state index < -0.39 is 14.4 Å². The quantitative estimate of drug-likeness (QED) is 0.382. The molecule has 1 atom stereocenters. The van der Waals surface area contributed by atoms with Crippen LogP contribution in [0.1, 0.15) is 47.5 Å². The topological polar surface area (TPSA) is 46.5 Å². The van der Waals surface area contributed by atoms with Gasteiger partial charge in [-0.25, -0.2) is 0 Å². The zero-order chi connectivity index (χ0) is 21.5. The lowest BCUT2D eigenvalue weighted by Gasteiger charge is -2.43. The summed E-state index contributed by atoms with van der Waals surface area (Å²) in [5, 5.41) is 12.8. The van der Waals surface area contributed by atoms with Gasteiger partial charge in [0.1, 0.15) is 0 Å². The molecule has 0 saturated heterocycles. The summed E-state index contributed by atoms with van der Waals surface area (Å²) in [6.45, 7) is 10.6. The number of hydrogen-bond acceptors (Lipinski definition) is 3. The van der Waals surface area contributed by atoms with Crippen molar-refractivity contribution >= 4 is 24.5 Å². The van der Waals surface area contributed by atoms with Gasteiger partial charge in [0, 0.05) is 6.61 Å². The van der Waals surface area contributed by atoms with Crippen LogP contribution in [0.2, 0.25) is 5.04 Å². The fourth-order valence-electron chi connectivity index (χ4n) is 3.91. The van der Waals surface area contributed by atoms with Gasteiger partial charge in [-0.2, -0.15) is 0 Å². The minimum absolute atomic E-state index is 0.0369. The number of aliphatic hydroxyl groups excluding tert-OH is 1. The van der Waals surface area contributed by atoms with Crippen LogP contribution in [-0.4, -0.2) is 31.9 Å². The maximum Gasteiger partial charge on any atom is 0.261 e. The lowest BCUT2D eigenvalue weighted by atomic mass is 10.1. The Morgan fingerprint density at radius 2 is 1.48 bits per heavy atom. The summed E-state index contributed by atoms with van der Waals surface area (Å²) in [5.41, 5.74) is 0.711. The monoisotopic (exact) mass is 410 g/mol. The number of hydrogen-bond donors (Lipinski definition) is 1. The van der Waals surface area contributed by atoms with Crippen molar-refractivity contribution in [3.8, 4) is 0 Å². The molecule has 1 N–H and O–H groups in total. The summed E-state index contributed by atoms with van der Waals surface area (Å²) >= 11 is 0. The molecule has 0 heterocycles. The average molecular weight is 411 g/mol. The standard InChI is InChI=1S/C25H34O3Si/c1-20(19-21(2)26)24(27)17-12-18-28-29(25(3,4)5,22-13-8-6-9-14-22)23-15-10-7-11-16-23/h6-11,13-16,19,24,27H,12,17-18H2,1-5H3/b20-19+. The number of benzene rings is 2. The second kappa shape index (κ2) is 10.1. The molecular weight excluding hydrogens is 376 g/mol. The van der Waals surface area contributed by atoms with Gasteiger partial charge in [0.05, 0.1) is 6.10 Å². The first-order valence-corrected chi connectivity index (χ1v) is 12.2. The van der Waals surface area contributed by atoms with Gasteiger partial charge in [0.15, 0.2) is 5.78 Å². The molecule has 3 nitrogen and oxygen atoms in total. The van der Waals surface area contributed by atoms with Crippen LogP contribution in [0.5, 0.6) is 0 Å². The van der Waals surface area contributed by atoms with Gasteiger partial charge in [-0.15, -0.1) is 0 Å². The highest BCUT2D eigenvalue weighted by molar-refractivity contribution is 6.99. The zero-order valence-corrected chi connectivity index (χ0v) is 19.3. The maximum absolute atomic E-state index is 11.2. The van der Waals surface area contributed by atoms with E-state index in [4.69, 9.17) is 4.43 Å². The second-order valence-electron chi connectivity index (χ2n) is 8.67. The Morgan fingerprint density at radius 1 is 1.00 bits per heavy atom. The molecule has 0 aliphatic carbocycles. The molecule has 0 fully saturated rings. The lowest BCUT2D eigenvalue weighted by molar-refractivity contribution is -0.112. The van der Waals surface area contributed by atoms with Crippen LogP contribution in [0, 0.1) is 0 Å². The number of carbonyl (C=O) groups excluding carboxylic acids is 1. The fraction of sp³-hybridized carbons (Fsp3) is 0.400. The smallest absolute Gasteiger partial charge is 0.261 e. The number of allylic oxidation sites excluding steroid dienone is 1. The molecule has 0 aliphatic heterocycles. The Hall–Kier alpha value is -2.01. The number of aliphatic hydroxyl groups is 1. The molecule has 4 heteroatoms. The molecule has 0 radical (unpaired) electrons. The molecular formula is C25H34O3Si. The number of ketones is 1. The first-order chi connectivity index (χ1) is 13.7. The van der Waals surface area contributed by atoms with Crippen LogP contribution in [0.4, 0.5) is 0 Å². The third-order valence-corrected chi connectivity index (χ3v) is 10.4. The third kappa shape index (κ3) is 5.75. The Morgan fingerprint density at radius 3 is 1.90 bits per heavy atom. The molecule has 0 aliphatic rings. The van der Waals surface area contributed by atoms with Gasteiger partial charge < -0.3 is 9.53 Å². The van der Waals surface area contributed by atoms with Crippen molar-refractivity contribution in [3.63, 3.8) is 0 Å². The van der Waals surface area contributed by atoms with E-state index in [0.717, 1.165) is 6.42 Å². The predicted octanol–water partition coefficient (Wildman–Crippen LogP) is 4.24. The van der Waals surface area contributed by atoms with Gasteiger partial charge in [-0.3, -0.25) is 4.79 Å². The summed E-state index contributed by atoms with van der Waals surface area (Å²) in [7, 11) is -2.53. The minimum atomic E-state index is -2.53. The third-order valence-electron chi connectivity index (χ3n) is 5.31. The van der Waals surface area contributed by atoms with Gasteiger partial charge in [-0.05, 0) is 53.7 Å². The van der Waals surface area contributed by atoms with E-state index in [1.54, 1.807) is 6.92 Å². The van der Waals surface area contributed by atoms with Crippen LogP contribution in [0.3, 0.4) is 0 Å². The average Bonchev–Trinajstić information content (AvgIpc) is 2.67. The fourth-order valence-corrected chi connectivity index (χ4v) is 8.51. The molecule has 2 aromatic carbocycles. The second-order valence-corrected chi connectivity index (χ2v) is 13.0. The zero-order valence-electron chi connectivity index (χ0n) is 18.3. The van der Waals surface area contributed by atoms with Crippen molar-refractivity contribution < 1.29 is 14.3 Å². The van der Waals surface area contributed by atoms with Gasteiger partial charge in [0.2, 0.25) is 0 Å². The summed E-state index contributed by atoms with van der Waals surface area (Å²) < 4.78 is 6.82.